The molecule has 190 valence electrons. The zero-order chi connectivity index (χ0) is 24.5. The number of nitrogens with zero attached hydrogens (tertiary/aromatic N) is 1. The molecule has 0 bridgehead atoms. The molecule has 2 saturated heterocycles. The number of hydrogen-bond acceptors (Lipinski definition) is 6. The Morgan fingerprint density at radius 2 is 1.67 bits per heavy atom. The van der Waals surface area contributed by atoms with Crippen molar-refractivity contribution in [3.05, 3.63) is 65.2 Å². The summed E-state index contributed by atoms with van der Waals surface area (Å²) >= 11 is 0. The van der Waals surface area contributed by atoms with Gasteiger partial charge in [-0.1, -0.05) is 36.4 Å². The van der Waals surface area contributed by atoms with Crippen molar-refractivity contribution in [2.75, 3.05) is 55.4 Å². The van der Waals surface area contributed by atoms with E-state index in [1.165, 1.54) is 5.56 Å². The Kier molecular flexibility index (Phi) is 6.60. The van der Waals surface area contributed by atoms with Gasteiger partial charge in [0.05, 0.1) is 5.69 Å². The number of piperazine rings is 2. The summed E-state index contributed by atoms with van der Waals surface area (Å²) in [6.45, 7) is 6.04. The van der Waals surface area contributed by atoms with E-state index in [1.807, 2.05) is 30.3 Å². The highest BCUT2D eigenvalue weighted by atomic mass is 32.2. The first-order chi connectivity index (χ1) is 17.6. The topological polar surface area (TPSA) is 85.5 Å². The Balaban J connectivity index is 1.52. The van der Waals surface area contributed by atoms with Gasteiger partial charge in [-0.2, -0.15) is 0 Å². The van der Waals surface area contributed by atoms with Crippen LogP contribution in [0, 0.1) is 0 Å². The molecule has 2 aliphatic heterocycles. The highest BCUT2D eigenvalue weighted by molar-refractivity contribution is 7.93. The highest BCUT2D eigenvalue weighted by Gasteiger charge is 2.30. The van der Waals surface area contributed by atoms with Crippen LogP contribution in [-0.4, -0.2) is 54.2 Å². The third-order valence-corrected chi connectivity index (χ3v) is 9.27. The molecule has 7 nitrogen and oxygen atoms in total. The molecule has 0 aromatic heterocycles. The van der Waals surface area contributed by atoms with Gasteiger partial charge < -0.3 is 20.9 Å². The molecule has 0 spiro atoms. The molecule has 2 fully saturated rings. The van der Waals surface area contributed by atoms with E-state index >= 15 is 0 Å². The van der Waals surface area contributed by atoms with E-state index < -0.39 is 10.0 Å². The molecule has 1 unspecified atom stereocenters. The lowest BCUT2D eigenvalue weighted by Gasteiger charge is -2.33. The van der Waals surface area contributed by atoms with Gasteiger partial charge in [0.15, 0.2) is 0 Å². The van der Waals surface area contributed by atoms with E-state index in [-0.39, 0.29) is 6.04 Å². The maximum Gasteiger partial charge on any atom is 0.262 e. The molecule has 4 N–H and O–H groups in total. The SMILES string of the molecule is O=S(=O)(Nc1cccc2c1CCCC2)c1c(C2CNCCN2)cc(N2CCNCC2)c2ccccc12. The Labute approximate surface area is 213 Å². The Hall–Kier alpha value is -2.65. The van der Waals surface area contributed by atoms with Crippen LogP contribution >= 0.6 is 0 Å². The minimum atomic E-state index is -3.85. The molecule has 3 aromatic rings. The third-order valence-electron chi connectivity index (χ3n) is 7.79. The summed E-state index contributed by atoms with van der Waals surface area (Å²) in [5.74, 6) is 0. The Morgan fingerprint density at radius 1 is 0.861 bits per heavy atom. The maximum absolute atomic E-state index is 14.3. The first kappa shape index (κ1) is 23.7. The number of sulfonamides is 1. The second kappa shape index (κ2) is 10.0. The first-order valence-corrected chi connectivity index (χ1v) is 14.7. The number of nitrogens with one attached hydrogen (secondary N) is 4. The van der Waals surface area contributed by atoms with Crippen LogP contribution in [0.25, 0.3) is 10.8 Å². The molecule has 1 aliphatic carbocycles. The predicted octanol–water partition coefficient (Wildman–Crippen LogP) is 3.16. The fourth-order valence-electron chi connectivity index (χ4n) is 6.02. The molecule has 1 atom stereocenters. The minimum Gasteiger partial charge on any atom is -0.368 e. The van der Waals surface area contributed by atoms with Crippen molar-refractivity contribution in [1.29, 1.82) is 0 Å². The van der Waals surface area contributed by atoms with Crippen LogP contribution in [0.4, 0.5) is 11.4 Å². The van der Waals surface area contributed by atoms with Crippen LogP contribution in [0.1, 0.15) is 35.6 Å². The van der Waals surface area contributed by atoms with Gasteiger partial charge in [0.1, 0.15) is 4.90 Å². The second-order valence-corrected chi connectivity index (χ2v) is 11.7. The van der Waals surface area contributed by atoms with E-state index in [9.17, 15) is 8.42 Å². The van der Waals surface area contributed by atoms with Crippen molar-refractivity contribution in [1.82, 2.24) is 16.0 Å². The van der Waals surface area contributed by atoms with Crippen LogP contribution in [0.5, 0.6) is 0 Å². The zero-order valence-corrected chi connectivity index (χ0v) is 21.5. The molecule has 8 heteroatoms. The van der Waals surface area contributed by atoms with Crippen LogP contribution in [0.3, 0.4) is 0 Å². The first-order valence-electron chi connectivity index (χ1n) is 13.2. The molecular weight excluding hydrogens is 470 g/mol. The van der Waals surface area contributed by atoms with E-state index in [4.69, 9.17) is 0 Å². The van der Waals surface area contributed by atoms with E-state index in [0.29, 0.717) is 11.4 Å². The van der Waals surface area contributed by atoms with Gasteiger partial charge in [-0.3, -0.25) is 4.72 Å². The van der Waals surface area contributed by atoms with Crippen molar-refractivity contribution < 1.29 is 8.42 Å². The molecule has 3 aromatic carbocycles. The average Bonchev–Trinajstić information content (AvgIpc) is 2.93. The zero-order valence-electron chi connectivity index (χ0n) is 20.6. The van der Waals surface area contributed by atoms with E-state index in [0.717, 1.165) is 98.2 Å². The average molecular weight is 506 g/mol. The monoisotopic (exact) mass is 505 g/mol. The van der Waals surface area contributed by atoms with Crippen LogP contribution in [0.15, 0.2) is 53.4 Å². The molecular formula is C28H35N5O2S. The molecule has 6 rings (SSSR count). The molecule has 0 saturated carbocycles. The molecule has 3 aliphatic rings. The normalized spacial score (nSPS) is 20.8. The van der Waals surface area contributed by atoms with E-state index in [1.54, 1.807) is 0 Å². The number of fused-ring (bicyclic) bond motifs is 2. The van der Waals surface area contributed by atoms with E-state index in [2.05, 4.69) is 43.8 Å². The van der Waals surface area contributed by atoms with Gasteiger partial charge >= 0.3 is 0 Å². The lowest BCUT2D eigenvalue weighted by molar-refractivity contribution is 0.425. The fraction of sp³-hybridized carbons (Fsp3) is 0.429. The third kappa shape index (κ3) is 4.47. The van der Waals surface area contributed by atoms with Crippen LogP contribution < -0.4 is 25.6 Å². The lowest BCUT2D eigenvalue weighted by atomic mass is 9.91. The van der Waals surface area contributed by atoms with Crippen LogP contribution in [0.2, 0.25) is 0 Å². The second-order valence-electron chi connectivity index (χ2n) is 10.1. The summed E-state index contributed by atoms with van der Waals surface area (Å²) in [5.41, 5.74) is 5.09. The van der Waals surface area contributed by atoms with Crippen molar-refractivity contribution in [2.45, 2.75) is 36.6 Å². The quantitative estimate of drug-likeness (QED) is 0.426. The lowest BCUT2D eigenvalue weighted by Crippen LogP contribution is -2.44. The Bertz CT molecular complexity index is 1360. The van der Waals surface area contributed by atoms with Gasteiger partial charge in [-0.25, -0.2) is 8.42 Å². The number of rotatable bonds is 5. The summed E-state index contributed by atoms with van der Waals surface area (Å²) in [7, 11) is -3.85. The smallest absolute Gasteiger partial charge is 0.262 e. The van der Waals surface area contributed by atoms with Gasteiger partial charge in [0.25, 0.3) is 10.0 Å². The summed E-state index contributed by atoms with van der Waals surface area (Å²) < 4.78 is 31.6. The number of benzene rings is 3. The van der Waals surface area contributed by atoms with Gasteiger partial charge in [-0.05, 0) is 54.5 Å². The van der Waals surface area contributed by atoms with Crippen LogP contribution in [-0.2, 0) is 22.9 Å². The number of anilines is 2. The van der Waals surface area contributed by atoms with Gasteiger partial charge in [0.2, 0.25) is 0 Å². The Morgan fingerprint density at radius 3 is 2.47 bits per heavy atom. The largest absolute Gasteiger partial charge is 0.368 e. The maximum atomic E-state index is 14.3. The van der Waals surface area contributed by atoms with Gasteiger partial charge in [-0.15, -0.1) is 0 Å². The van der Waals surface area contributed by atoms with Crippen molar-refractivity contribution in [3.63, 3.8) is 0 Å². The van der Waals surface area contributed by atoms with Crippen molar-refractivity contribution >= 4 is 32.2 Å². The van der Waals surface area contributed by atoms with Gasteiger partial charge in [0, 0.05) is 68.3 Å². The molecule has 0 amide bonds. The summed E-state index contributed by atoms with van der Waals surface area (Å²) in [6, 6.07) is 16.1. The number of aryl methyl sites for hydroxylation is 1. The molecule has 36 heavy (non-hydrogen) atoms. The highest BCUT2D eigenvalue weighted by Crippen LogP contribution is 2.39. The summed E-state index contributed by atoms with van der Waals surface area (Å²) in [4.78, 5) is 2.78. The van der Waals surface area contributed by atoms with Crippen molar-refractivity contribution in [3.8, 4) is 0 Å². The fourth-order valence-corrected chi connectivity index (χ4v) is 7.58. The molecule has 0 radical (unpaired) electrons. The molecule has 2 heterocycles. The predicted molar refractivity (Wildman–Crippen MR) is 147 cm³/mol. The summed E-state index contributed by atoms with van der Waals surface area (Å²) in [6.07, 6.45) is 4.18. The summed E-state index contributed by atoms with van der Waals surface area (Å²) in [5, 5.41) is 12.2. The standard InChI is InChI=1S/C28H35N5O2S/c34-36(35,32-25-11-5-7-20-6-1-2-8-21(20)25)28-23-10-4-3-9-22(23)27(33-16-14-29-15-17-33)18-24(28)26-19-30-12-13-31-26/h3-5,7,9-11,18,26,29-32H,1-2,6,8,12-17,19H2. The number of hydrogen-bond donors (Lipinski definition) is 4. The van der Waals surface area contributed by atoms with Crippen molar-refractivity contribution in [2.24, 2.45) is 0 Å². The minimum absolute atomic E-state index is 0.0821.